The Balaban J connectivity index is 1.43. The van der Waals surface area contributed by atoms with Crippen molar-refractivity contribution in [3.05, 3.63) is 72.3 Å². The summed E-state index contributed by atoms with van der Waals surface area (Å²) >= 11 is 0. The normalized spacial score (nSPS) is 14.9. The molecule has 0 radical (unpaired) electrons. The van der Waals surface area contributed by atoms with E-state index in [0.717, 1.165) is 23.4 Å². The molecule has 0 unspecified atom stereocenters. The predicted octanol–water partition coefficient (Wildman–Crippen LogP) is 4.32. The van der Waals surface area contributed by atoms with Crippen LogP contribution in [0, 0.1) is 0 Å². The first-order chi connectivity index (χ1) is 13.9. The molecule has 0 aliphatic carbocycles. The molecule has 8 heteroatoms. The summed E-state index contributed by atoms with van der Waals surface area (Å²) in [7, 11) is 0. The van der Waals surface area contributed by atoms with Gasteiger partial charge in [0.05, 0.1) is 11.8 Å². The molecule has 1 aliphatic rings. The summed E-state index contributed by atoms with van der Waals surface area (Å²) in [4.78, 5) is 20.4. The molecule has 1 amide bonds. The van der Waals surface area contributed by atoms with Gasteiger partial charge >= 0.3 is 6.18 Å². The first kappa shape index (κ1) is 19.0. The van der Waals surface area contributed by atoms with Crippen molar-refractivity contribution in [2.75, 3.05) is 31.1 Å². The molecule has 2 aromatic heterocycles. The number of piperazine rings is 1. The average Bonchev–Trinajstić information content (AvgIpc) is 3.23. The third-order valence-corrected chi connectivity index (χ3v) is 4.91. The maximum atomic E-state index is 12.9. The minimum absolute atomic E-state index is 0.200. The molecular weight excluding hydrogens is 383 g/mol. The number of aromatic nitrogens is 1. The standard InChI is InChI=1S/C21H18F3N3O2/c22-21(23,24)16-6-7-18(25-14-16)26-9-11-27(12-10-26)20(28)19-17(8-13-29-19)15-4-2-1-3-5-15/h1-8,13-14H,9-12H2. The predicted molar refractivity (Wildman–Crippen MR) is 101 cm³/mol. The molecule has 1 saturated heterocycles. The van der Waals surface area contributed by atoms with Gasteiger partial charge in [-0.2, -0.15) is 13.2 Å². The fourth-order valence-corrected chi connectivity index (χ4v) is 3.34. The molecule has 5 nitrogen and oxygen atoms in total. The quantitative estimate of drug-likeness (QED) is 0.656. The van der Waals surface area contributed by atoms with E-state index in [-0.39, 0.29) is 11.7 Å². The Kier molecular flexibility index (Phi) is 5.00. The fraction of sp³-hybridized carbons (Fsp3) is 0.238. The number of hydrogen-bond acceptors (Lipinski definition) is 4. The van der Waals surface area contributed by atoms with Crippen molar-refractivity contribution in [3.8, 4) is 11.1 Å². The third kappa shape index (κ3) is 3.96. The number of anilines is 1. The summed E-state index contributed by atoms with van der Waals surface area (Å²) in [5.74, 6) is 0.555. The summed E-state index contributed by atoms with van der Waals surface area (Å²) in [5.41, 5.74) is 0.862. The molecule has 0 saturated carbocycles. The lowest BCUT2D eigenvalue weighted by Crippen LogP contribution is -2.49. The number of nitrogens with zero attached hydrogens (tertiary/aromatic N) is 3. The van der Waals surface area contributed by atoms with Crippen LogP contribution in [0.5, 0.6) is 0 Å². The van der Waals surface area contributed by atoms with E-state index in [1.54, 1.807) is 11.0 Å². The van der Waals surface area contributed by atoms with E-state index in [2.05, 4.69) is 4.98 Å². The van der Waals surface area contributed by atoms with E-state index >= 15 is 0 Å². The summed E-state index contributed by atoms with van der Waals surface area (Å²) in [6.07, 6.45) is -2.07. The molecule has 4 rings (SSSR count). The number of benzene rings is 1. The van der Waals surface area contributed by atoms with Gasteiger partial charge in [-0.3, -0.25) is 4.79 Å². The number of hydrogen-bond donors (Lipinski definition) is 0. The SMILES string of the molecule is O=C(c1occc1-c1ccccc1)N1CCN(c2ccc(C(F)(F)F)cn2)CC1. The lowest BCUT2D eigenvalue weighted by atomic mass is 10.1. The van der Waals surface area contributed by atoms with Crippen molar-refractivity contribution in [3.63, 3.8) is 0 Å². The molecule has 0 bridgehead atoms. The largest absolute Gasteiger partial charge is 0.459 e. The Bertz CT molecular complexity index is 976. The van der Waals surface area contributed by atoms with E-state index in [1.165, 1.54) is 12.3 Å². The molecule has 1 aliphatic heterocycles. The van der Waals surface area contributed by atoms with Gasteiger partial charge in [-0.1, -0.05) is 30.3 Å². The topological polar surface area (TPSA) is 49.6 Å². The van der Waals surface area contributed by atoms with Crippen LogP contribution >= 0.6 is 0 Å². The van der Waals surface area contributed by atoms with Crippen molar-refractivity contribution in [1.82, 2.24) is 9.88 Å². The number of furan rings is 1. The van der Waals surface area contributed by atoms with Crippen LogP contribution in [0.2, 0.25) is 0 Å². The minimum atomic E-state index is -4.41. The Labute approximate surface area is 165 Å². The fourth-order valence-electron chi connectivity index (χ4n) is 3.34. The van der Waals surface area contributed by atoms with Gasteiger partial charge in [0.15, 0.2) is 5.76 Å². The van der Waals surface area contributed by atoms with Gasteiger partial charge in [-0.15, -0.1) is 0 Å². The van der Waals surface area contributed by atoms with Crippen LogP contribution in [-0.2, 0) is 6.18 Å². The summed E-state index contributed by atoms with van der Waals surface area (Å²) in [6.45, 7) is 1.81. The van der Waals surface area contributed by atoms with Gasteiger partial charge in [0, 0.05) is 37.9 Å². The van der Waals surface area contributed by atoms with E-state index in [0.29, 0.717) is 32.0 Å². The van der Waals surface area contributed by atoms with Crippen molar-refractivity contribution in [1.29, 1.82) is 0 Å². The van der Waals surface area contributed by atoms with Crippen LogP contribution in [0.15, 0.2) is 65.4 Å². The van der Waals surface area contributed by atoms with Gasteiger partial charge in [-0.25, -0.2) is 4.98 Å². The number of rotatable bonds is 3. The number of alkyl halides is 3. The zero-order chi connectivity index (χ0) is 20.4. The lowest BCUT2D eigenvalue weighted by Gasteiger charge is -2.35. The summed E-state index contributed by atoms with van der Waals surface area (Å²) in [5, 5.41) is 0. The average molecular weight is 401 g/mol. The first-order valence-electron chi connectivity index (χ1n) is 9.14. The highest BCUT2D eigenvalue weighted by Crippen LogP contribution is 2.30. The Morgan fingerprint density at radius 2 is 1.69 bits per heavy atom. The van der Waals surface area contributed by atoms with Crippen molar-refractivity contribution >= 4 is 11.7 Å². The first-order valence-corrected chi connectivity index (χ1v) is 9.14. The van der Waals surface area contributed by atoms with E-state index in [4.69, 9.17) is 4.42 Å². The Hall–Kier alpha value is -3.29. The van der Waals surface area contributed by atoms with Crippen molar-refractivity contribution < 1.29 is 22.4 Å². The zero-order valence-electron chi connectivity index (χ0n) is 15.4. The molecule has 150 valence electrons. The van der Waals surface area contributed by atoms with Crippen LogP contribution in [0.1, 0.15) is 16.1 Å². The van der Waals surface area contributed by atoms with Crippen LogP contribution in [0.4, 0.5) is 19.0 Å². The van der Waals surface area contributed by atoms with Gasteiger partial charge in [0.2, 0.25) is 0 Å². The molecule has 29 heavy (non-hydrogen) atoms. The monoisotopic (exact) mass is 401 g/mol. The highest BCUT2D eigenvalue weighted by atomic mass is 19.4. The Morgan fingerprint density at radius 3 is 2.31 bits per heavy atom. The Morgan fingerprint density at radius 1 is 0.966 bits per heavy atom. The molecule has 0 spiro atoms. The number of carbonyl (C=O) groups excluding carboxylic acids is 1. The second-order valence-corrected chi connectivity index (χ2v) is 6.71. The molecule has 0 N–H and O–H groups in total. The molecule has 0 atom stereocenters. The van der Waals surface area contributed by atoms with Crippen LogP contribution in [-0.4, -0.2) is 42.0 Å². The smallest absolute Gasteiger partial charge is 0.417 e. The van der Waals surface area contributed by atoms with Gasteiger partial charge in [0.1, 0.15) is 5.82 Å². The number of pyridine rings is 1. The zero-order valence-corrected chi connectivity index (χ0v) is 15.4. The van der Waals surface area contributed by atoms with Gasteiger partial charge in [-0.05, 0) is 23.8 Å². The highest BCUT2D eigenvalue weighted by molar-refractivity contribution is 5.98. The van der Waals surface area contributed by atoms with E-state index in [9.17, 15) is 18.0 Å². The minimum Gasteiger partial charge on any atom is -0.459 e. The summed E-state index contributed by atoms with van der Waals surface area (Å²) in [6, 6.07) is 13.7. The van der Waals surface area contributed by atoms with Gasteiger partial charge < -0.3 is 14.2 Å². The van der Waals surface area contributed by atoms with E-state index < -0.39 is 11.7 Å². The highest BCUT2D eigenvalue weighted by Gasteiger charge is 2.31. The molecule has 3 aromatic rings. The maximum Gasteiger partial charge on any atom is 0.417 e. The molecular formula is C21H18F3N3O2. The lowest BCUT2D eigenvalue weighted by molar-refractivity contribution is -0.137. The number of halogens is 3. The molecule has 1 fully saturated rings. The number of amides is 1. The third-order valence-electron chi connectivity index (χ3n) is 4.91. The molecule has 3 heterocycles. The van der Waals surface area contributed by atoms with Crippen LogP contribution in [0.25, 0.3) is 11.1 Å². The summed E-state index contributed by atoms with van der Waals surface area (Å²) < 4.78 is 43.5. The molecule has 1 aromatic carbocycles. The second-order valence-electron chi connectivity index (χ2n) is 6.71. The van der Waals surface area contributed by atoms with E-state index in [1.807, 2.05) is 35.2 Å². The van der Waals surface area contributed by atoms with Crippen LogP contribution in [0.3, 0.4) is 0 Å². The van der Waals surface area contributed by atoms with Crippen molar-refractivity contribution in [2.24, 2.45) is 0 Å². The van der Waals surface area contributed by atoms with Crippen molar-refractivity contribution in [2.45, 2.75) is 6.18 Å². The van der Waals surface area contributed by atoms with Crippen LogP contribution < -0.4 is 4.90 Å². The second kappa shape index (κ2) is 7.62. The maximum absolute atomic E-state index is 12.9. The van der Waals surface area contributed by atoms with Gasteiger partial charge in [0.25, 0.3) is 5.91 Å². The number of carbonyl (C=O) groups is 1.